The Morgan fingerprint density at radius 1 is 1.26 bits per heavy atom. The number of carboxylic acid groups (broad SMARTS) is 1. The van der Waals surface area contributed by atoms with E-state index in [0.717, 1.165) is 0 Å². The molecule has 0 aromatic heterocycles. The van der Waals surface area contributed by atoms with Gasteiger partial charge in [0.1, 0.15) is 6.04 Å². The van der Waals surface area contributed by atoms with Gasteiger partial charge in [-0.25, -0.2) is 0 Å². The number of nitrogens with one attached hydrogen (secondary N) is 1. The molecule has 1 atom stereocenters. The Hall–Kier alpha value is -1.88. The summed E-state index contributed by atoms with van der Waals surface area (Å²) >= 11 is 0. The molecule has 0 spiro atoms. The predicted octanol–water partition coefficient (Wildman–Crippen LogP) is 1.27. The summed E-state index contributed by atoms with van der Waals surface area (Å²) in [6, 6.07) is 8.16. The van der Waals surface area contributed by atoms with Crippen molar-refractivity contribution in [3.05, 3.63) is 35.9 Å². The van der Waals surface area contributed by atoms with Gasteiger partial charge in [-0.2, -0.15) is 0 Å². The Balaban J connectivity index is 2.90. The first-order chi connectivity index (χ1) is 9.10. The van der Waals surface area contributed by atoms with Gasteiger partial charge in [0.2, 0.25) is 5.91 Å². The minimum Gasteiger partial charge on any atom is -0.480 e. The molecule has 0 fully saturated rings. The molecule has 0 radical (unpaired) electrons. The highest BCUT2D eigenvalue weighted by molar-refractivity contribution is 5.80. The van der Waals surface area contributed by atoms with E-state index in [1.165, 1.54) is 0 Å². The highest BCUT2D eigenvalue weighted by atomic mass is 16.4. The summed E-state index contributed by atoms with van der Waals surface area (Å²) in [7, 11) is 0. The Morgan fingerprint density at radius 2 is 1.89 bits per heavy atom. The van der Waals surface area contributed by atoms with E-state index in [1.54, 1.807) is 29.2 Å². The molecule has 1 rings (SSSR count). The third-order valence-electron chi connectivity index (χ3n) is 2.84. The summed E-state index contributed by atoms with van der Waals surface area (Å²) in [5, 5.41) is 12.1. The van der Waals surface area contributed by atoms with Crippen LogP contribution in [0.15, 0.2) is 30.3 Å². The Kier molecular flexibility index (Phi) is 6.02. The van der Waals surface area contributed by atoms with Crippen LogP contribution in [0.1, 0.15) is 25.5 Å². The molecule has 1 aromatic rings. The van der Waals surface area contributed by atoms with Crippen LogP contribution in [0.2, 0.25) is 0 Å². The second kappa shape index (κ2) is 7.53. The Bertz CT molecular complexity index is 420. The van der Waals surface area contributed by atoms with Gasteiger partial charge in [-0.05, 0) is 19.0 Å². The molecule has 0 aliphatic rings. The number of amides is 1. The number of likely N-dealkylation sites (N-methyl/N-ethyl adjacent to an activating group) is 2. The lowest BCUT2D eigenvalue weighted by molar-refractivity contribution is -0.144. The number of benzene rings is 1. The van der Waals surface area contributed by atoms with E-state index < -0.39 is 12.0 Å². The third-order valence-corrected chi connectivity index (χ3v) is 2.84. The van der Waals surface area contributed by atoms with Crippen molar-refractivity contribution in [3.63, 3.8) is 0 Å². The van der Waals surface area contributed by atoms with Crippen LogP contribution in [0.3, 0.4) is 0 Å². The summed E-state index contributed by atoms with van der Waals surface area (Å²) in [4.78, 5) is 24.7. The van der Waals surface area contributed by atoms with Crippen LogP contribution in [0, 0.1) is 0 Å². The van der Waals surface area contributed by atoms with Crippen molar-refractivity contribution in [2.75, 3.05) is 19.6 Å². The molecule has 1 amide bonds. The first kappa shape index (κ1) is 15.2. The summed E-state index contributed by atoms with van der Waals surface area (Å²) in [5.41, 5.74) is 0.682. The predicted molar refractivity (Wildman–Crippen MR) is 72.7 cm³/mol. The average Bonchev–Trinajstić information content (AvgIpc) is 2.39. The van der Waals surface area contributed by atoms with Gasteiger partial charge in [0.05, 0.1) is 6.54 Å². The Morgan fingerprint density at radius 3 is 2.37 bits per heavy atom. The molecular formula is C14H20N2O3. The number of aliphatic carboxylic acids is 1. The monoisotopic (exact) mass is 264 g/mol. The van der Waals surface area contributed by atoms with E-state index in [4.69, 9.17) is 0 Å². The molecule has 0 saturated heterocycles. The van der Waals surface area contributed by atoms with E-state index >= 15 is 0 Å². The molecule has 0 saturated carbocycles. The van der Waals surface area contributed by atoms with Gasteiger partial charge in [0, 0.05) is 6.54 Å². The zero-order valence-electron chi connectivity index (χ0n) is 11.3. The fourth-order valence-electron chi connectivity index (χ4n) is 1.97. The number of rotatable bonds is 7. The maximum Gasteiger partial charge on any atom is 0.325 e. The summed E-state index contributed by atoms with van der Waals surface area (Å²) in [5.74, 6) is -1.11. The van der Waals surface area contributed by atoms with Gasteiger partial charge >= 0.3 is 5.97 Å². The lowest BCUT2D eigenvalue weighted by atomic mass is 10.1. The van der Waals surface area contributed by atoms with Crippen LogP contribution in [-0.4, -0.2) is 41.5 Å². The molecule has 0 bridgehead atoms. The SMILES string of the molecule is CCNC(=O)CN(CC)C(C(=O)O)c1ccccc1. The molecule has 1 aromatic carbocycles. The number of carbonyl (C=O) groups is 2. The van der Waals surface area contributed by atoms with Crippen LogP contribution in [0.4, 0.5) is 0 Å². The van der Waals surface area contributed by atoms with E-state index in [0.29, 0.717) is 18.7 Å². The molecular weight excluding hydrogens is 244 g/mol. The Labute approximate surface area is 113 Å². The highest BCUT2D eigenvalue weighted by Crippen LogP contribution is 2.20. The molecule has 5 nitrogen and oxygen atoms in total. The number of carbonyl (C=O) groups excluding carboxylic acids is 1. The third kappa shape index (κ3) is 4.37. The van der Waals surface area contributed by atoms with Gasteiger partial charge in [-0.15, -0.1) is 0 Å². The van der Waals surface area contributed by atoms with Crippen molar-refractivity contribution in [1.29, 1.82) is 0 Å². The maximum absolute atomic E-state index is 11.6. The van der Waals surface area contributed by atoms with Crippen molar-refractivity contribution in [2.45, 2.75) is 19.9 Å². The minimum absolute atomic E-state index is 0.0796. The van der Waals surface area contributed by atoms with Crippen molar-refractivity contribution in [3.8, 4) is 0 Å². The summed E-state index contributed by atoms with van der Waals surface area (Å²) in [6.45, 7) is 4.79. The average molecular weight is 264 g/mol. The second-order valence-electron chi connectivity index (χ2n) is 4.17. The fraction of sp³-hybridized carbons (Fsp3) is 0.429. The zero-order valence-corrected chi connectivity index (χ0v) is 11.3. The minimum atomic E-state index is -0.947. The van der Waals surface area contributed by atoms with Crippen LogP contribution < -0.4 is 5.32 Å². The number of hydrogen-bond donors (Lipinski definition) is 2. The van der Waals surface area contributed by atoms with Crippen LogP contribution in [-0.2, 0) is 9.59 Å². The van der Waals surface area contributed by atoms with Gasteiger partial charge in [0.25, 0.3) is 0 Å². The molecule has 19 heavy (non-hydrogen) atoms. The van der Waals surface area contributed by atoms with Gasteiger partial charge in [-0.3, -0.25) is 14.5 Å². The van der Waals surface area contributed by atoms with E-state index in [-0.39, 0.29) is 12.5 Å². The largest absolute Gasteiger partial charge is 0.480 e. The van der Waals surface area contributed by atoms with E-state index in [1.807, 2.05) is 19.9 Å². The number of carboxylic acids is 1. The molecule has 1 unspecified atom stereocenters. The quantitative estimate of drug-likeness (QED) is 0.778. The standard InChI is InChI=1S/C14H20N2O3/c1-3-15-12(17)10-16(4-2)13(14(18)19)11-8-6-5-7-9-11/h5-9,13H,3-4,10H2,1-2H3,(H,15,17)(H,18,19). The first-order valence-electron chi connectivity index (χ1n) is 6.38. The van der Waals surface area contributed by atoms with Crippen molar-refractivity contribution in [1.82, 2.24) is 10.2 Å². The van der Waals surface area contributed by atoms with Crippen LogP contribution >= 0.6 is 0 Å². The van der Waals surface area contributed by atoms with Gasteiger partial charge in [-0.1, -0.05) is 37.3 Å². The molecule has 0 aliphatic heterocycles. The molecule has 104 valence electrons. The van der Waals surface area contributed by atoms with Crippen molar-refractivity contribution in [2.24, 2.45) is 0 Å². The van der Waals surface area contributed by atoms with Gasteiger partial charge < -0.3 is 10.4 Å². The number of hydrogen-bond acceptors (Lipinski definition) is 3. The molecule has 0 heterocycles. The topological polar surface area (TPSA) is 69.6 Å². The van der Waals surface area contributed by atoms with Crippen LogP contribution in [0.5, 0.6) is 0 Å². The van der Waals surface area contributed by atoms with E-state index in [2.05, 4.69) is 5.32 Å². The maximum atomic E-state index is 11.6. The lowest BCUT2D eigenvalue weighted by Gasteiger charge is -2.27. The van der Waals surface area contributed by atoms with Gasteiger partial charge in [0.15, 0.2) is 0 Å². The van der Waals surface area contributed by atoms with Crippen LogP contribution in [0.25, 0.3) is 0 Å². The highest BCUT2D eigenvalue weighted by Gasteiger charge is 2.27. The number of nitrogens with zero attached hydrogens (tertiary/aromatic N) is 1. The smallest absolute Gasteiger partial charge is 0.325 e. The zero-order chi connectivity index (χ0) is 14.3. The molecule has 2 N–H and O–H groups in total. The second-order valence-corrected chi connectivity index (χ2v) is 4.17. The molecule has 0 aliphatic carbocycles. The van der Waals surface area contributed by atoms with E-state index in [9.17, 15) is 14.7 Å². The van der Waals surface area contributed by atoms with Crippen molar-refractivity contribution >= 4 is 11.9 Å². The lowest BCUT2D eigenvalue weighted by Crippen LogP contribution is -2.41. The summed E-state index contributed by atoms with van der Waals surface area (Å²) in [6.07, 6.45) is 0. The normalized spacial score (nSPS) is 12.2. The van der Waals surface area contributed by atoms with Crippen molar-refractivity contribution < 1.29 is 14.7 Å². The first-order valence-corrected chi connectivity index (χ1v) is 6.38. The summed E-state index contributed by atoms with van der Waals surface area (Å²) < 4.78 is 0. The molecule has 5 heteroatoms. The fourth-order valence-corrected chi connectivity index (χ4v) is 1.97.